The van der Waals surface area contributed by atoms with E-state index in [2.05, 4.69) is 16.4 Å². The zero-order valence-electron chi connectivity index (χ0n) is 15.3. The first kappa shape index (κ1) is 19.7. The summed E-state index contributed by atoms with van der Waals surface area (Å²) in [6, 6.07) is 7.21. The van der Waals surface area contributed by atoms with E-state index >= 15 is 0 Å². The Hall–Kier alpha value is -2.04. The molecule has 1 saturated carbocycles. The lowest BCUT2D eigenvalue weighted by atomic mass is 9.98. The first-order valence-electron chi connectivity index (χ1n) is 8.93. The van der Waals surface area contributed by atoms with Crippen molar-refractivity contribution >= 4 is 40.2 Å². The van der Waals surface area contributed by atoms with E-state index < -0.39 is 5.54 Å². The number of nitriles is 1. The van der Waals surface area contributed by atoms with Crippen molar-refractivity contribution < 1.29 is 4.79 Å². The Kier molecular flexibility index (Phi) is 5.78. The molecule has 1 unspecified atom stereocenters. The fourth-order valence-corrected chi connectivity index (χ4v) is 4.03. The highest BCUT2D eigenvalue weighted by atomic mass is 35.5. The van der Waals surface area contributed by atoms with Gasteiger partial charge in [0, 0.05) is 11.6 Å². The van der Waals surface area contributed by atoms with Crippen LogP contribution in [0.15, 0.2) is 28.2 Å². The van der Waals surface area contributed by atoms with Crippen molar-refractivity contribution in [1.82, 2.24) is 14.9 Å². The molecule has 3 rings (SSSR count). The van der Waals surface area contributed by atoms with E-state index in [1.807, 2.05) is 6.92 Å². The molecular formula is C19H21ClN4O2S. The quantitative estimate of drug-likeness (QED) is 0.564. The minimum Gasteiger partial charge on any atom is -0.337 e. The summed E-state index contributed by atoms with van der Waals surface area (Å²) in [6.07, 6.45) is 2.69. The van der Waals surface area contributed by atoms with E-state index in [-0.39, 0.29) is 23.1 Å². The Morgan fingerprint density at radius 1 is 1.52 bits per heavy atom. The maximum Gasteiger partial charge on any atom is 0.262 e. The third-order valence-electron chi connectivity index (χ3n) is 4.69. The first-order chi connectivity index (χ1) is 12.9. The number of fused-ring (bicyclic) bond motifs is 1. The number of nitrogens with one attached hydrogen (secondary N) is 1. The van der Waals surface area contributed by atoms with Gasteiger partial charge in [0.1, 0.15) is 5.54 Å². The maximum atomic E-state index is 12.8. The Bertz CT molecular complexity index is 980. The molecule has 6 nitrogen and oxygen atoms in total. The third kappa shape index (κ3) is 4.28. The minimum atomic E-state index is -0.828. The zero-order valence-corrected chi connectivity index (χ0v) is 16.9. The summed E-state index contributed by atoms with van der Waals surface area (Å²) in [5, 5.41) is 13.7. The summed E-state index contributed by atoms with van der Waals surface area (Å²) in [5.74, 6) is 0.0711. The van der Waals surface area contributed by atoms with Gasteiger partial charge in [-0.3, -0.25) is 14.2 Å². The predicted molar refractivity (Wildman–Crippen MR) is 107 cm³/mol. The second-order valence-electron chi connectivity index (χ2n) is 6.94. The average molecular weight is 405 g/mol. The van der Waals surface area contributed by atoms with Crippen molar-refractivity contribution in [3.63, 3.8) is 0 Å². The van der Waals surface area contributed by atoms with Crippen molar-refractivity contribution in [2.24, 2.45) is 5.92 Å². The van der Waals surface area contributed by atoms with Crippen molar-refractivity contribution in [2.45, 2.75) is 50.4 Å². The molecule has 0 radical (unpaired) electrons. The summed E-state index contributed by atoms with van der Waals surface area (Å²) in [6.45, 7) is 4.26. The third-order valence-corrected chi connectivity index (χ3v) is 5.90. The zero-order chi connectivity index (χ0) is 19.6. The second kappa shape index (κ2) is 7.91. The van der Waals surface area contributed by atoms with Gasteiger partial charge in [0.05, 0.1) is 22.7 Å². The van der Waals surface area contributed by atoms with E-state index in [9.17, 15) is 14.9 Å². The lowest BCUT2D eigenvalue weighted by Gasteiger charge is -2.22. The number of halogens is 1. The fraction of sp³-hybridized carbons (Fsp3) is 0.474. The molecule has 1 N–H and O–H groups in total. The minimum absolute atomic E-state index is 0.0895. The number of rotatable bonds is 7. The molecule has 0 spiro atoms. The van der Waals surface area contributed by atoms with Gasteiger partial charge >= 0.3 is 0 Å². The lowest BCUT2D eigenvalue weighted by Crippen LogP contribution is -2.47. The van der Waals surface area contributed by atoms with Gasteiger partial charge in [-0.1, -0.05) is 30.3 Å². The van der Waals surface area contributed by atoms with Crippen molar-refractivity contribution in [3.05, 3.63) is 33.6 Å². The predicted octanol–water partition coefficient (Wildman–Crippen LogP) is 3.36. The Labute approximate surface area is 166 Å². The number of carbonyl (C=O) groups is 1. The second-order valence-corrected chi connectivity index (χ2v) is 8.32. The van der Waals surface area contributed by atoms with E-state index in [4.69, 9.17) is 11.6 Å². The van der Waals surface area contributed by atoms with Crippen LogP contribution in [0.1, 0.15) is 33.1 Å². The summed E-state index contributed by atoms with van der Waals surface area (Å²) < 4.78 is 1.60. The smallest absolute Gasteiger partial charge is 0.262 e. The highest BCUT2D eigenvalue weighted by molar-refractivity contribution is 7.99. The Morgan fingerprint density at radius 2 is 2.26 bits per heavy atom. The van der Waals surface area contributed by atoms with Crippen LogP contribution in [0.4, 0.5) is 0 Å². The van der Waals surface area contributed by atoms with Crippen LogP contribution in [0.3, 0.4) is 0 Å². The summed E-state index contributed by atoms with van der Waals surface area (Å²) >= 11 is 7.23. The van der Waals surface area contributed by atoms with Gasteiger partial charge in [0.25, 0.3) is 5.56 Å². The standard InChI is InChI=1S/C19H21ClN4O2S/c1-3-8-24-17(26)14-7-6-13(20)9-15(14)22-18(24)27-10-16(25)23-19(2,11-21)12-4-5-12/h6-7,9,12H,3-5,8,10H2,1-2H3,(H,23,25). The summed E-state index contributed by atoms with van der Waals surface area (Å²) in [5.41, 5.74) is -0.450. The van der Waals surface area contributed by atoms with E-state index in [0.29, 0.717) is 27.6 Å². The number of hydrogen-bond donors (Lipinski definition) is 1. The largest absolute Gasteiger partial charge is 0.337 e. The van der Waals surface area contributed by atoms with Crippen LogP contribution in [-0.4, -0.2) is 26.8 Å². The molecule has 27 heavy (non-hydrogen) atoms. The van der Waals surface area contributed by atoms with Crippen LogP contribution in [-0.2, 0) is 11.3 Å². The molecule has 1 aliphatic rings. The van der Waals surface area contributed by atoms with Gasteiger partial charge in [-0.15, -0.1) is 0 Å². The summed E-state index contributed by atoms with van der Waals surface area (Å²) in [7, 11) is 0. The van der Waals surface area contributed by atoms with Gasteiger partial charge in [-0.25, -0.2) is 4.98 Å². The molecule has 0 aliphatic heterocycles. The molecule has 1 aliphatic carbocycles. The number of nitrogens with zero attached hydrogens (tertiary/aromatic N) is 3. The fourth-order valence-electron chi connectivity index (χ4n) is 3.04. The monoisotopic (exact) mass is 404 g/mol. The van der Waals surface area contributed by atoms with Gasteiger partial charge in [-0.05, 0) is 50.3 Å². The maximum absolute atomic E-state index is 12.8. The van der Waals surface area contributed by atoms with Crippen LogP contribution in [0.2, 0.25) is 5.02 Å². The molecule has 1 atom stereocenters. The number of amides is 1. The normalized spacial score (nSPS) is 15.9. The van der Waals surface area contributed by atoms with Gasteiger partial charge in [-0.2, -0.15) is 5.26 Å². The van der Waals surface area contributed by atoms with Gasteiger partial charge < -0.3 is 5.32 Å². The lowest BCUT2D eigenvalue weighted by molar-refractivity contribution is -0.119. The number of benzene rings is 1. The molecule has 1 aromatic heterocycles. The molecular weight excluding hydrogens is 384 g/mol. The van der Waals surface area contributed by atoms with Crippen LogP contribution in [0.5, 0.6) is 0 Å². The molecule has 8 heteroatoms. The van der Waals surface area contributed by atoms with E-state index in [1.165, 1.54) is 11.8 Å². The highest BCUT2D eigenvalue weighted by Gasteiger charge is 2.42. The van der Waals surface area contributed by atoms with Gasteiger partial charge in [0.15, 0.2) is 5.16 Å². The Balaban J connectivity index is 1.83. The van der Waals surface area contributed by atoms with Crippen LogP contribution in [0.25, 0.3) is 10.9 Å². The molecule has 1 aromatic carbocycles. The molecule has 1 amide bonds. The van der Waals surface area contributed by atoms with Crippen molar-refractivity contribution in [2.75, 3.05) is 5.75 Å². The van der Waals surface area contributed by atoms with Crippen LogP contribution >= 0.6 is 23.4 Å². The van der Waals surface area contributed by atoms with Crippen molar-refractivity contribution in [1.29, 1.82) is 5.26 Å². The Morgan fingerprint density at radius 3 is 2.89 bits per heavy atom. The van der Waals surface area contributed by atoms with Crippen LogP contribution < -0.4 is 10.9 Å². The number of carbonyl (C=O) groups excluding carboxylic acids is 1. The number of thioether (sulfide) groups is 1. The van der Waals surface area contributed by atoms with Crippen LogP contribution in [0, 0.1) is 17.2 Å². The molecule has 1 heterocycles. The van der Waals surface area contributed by atoms with E-state index in [0.717, 1.165) is 19.3 Å². The SMILES string of the molecule is CCCn1c(SCC(=O)NC(C)(C#N)C2CC2)nc2cc(Cl)ccc2c1=O. The summed E-state index contributed by atoms with van der Waals surface area (Å²) in [4.78, 5) is 29.7. The number of hydrogen-bond acceptors (Lipinski definition) is 5. The van der Waals surface area contributed by atoms with E-state index in [1.54, 1.807) is 29.7 Å². The van der Waals surface area contributed by atoms with Crippen molar-refractivity contribution in [3.8, 4) is 6.07 Å². The molecule has 1 fully saturated rings. The molecule has 0 bridgehead atoms. The number of aromatic nitrogens is 2. The highest BCUT2D eigenvalue weighted by Crippen LogP contribution is 2.39. The molecule has 0 saturated heterocycles. The topological polar surface area (TPSA) is 87.8 Å². The molecule has 142 valence electrons. The van der Waals surface area contributed by atoms with Gasteiger partial charge in [0.2, 0.25) is 5.91 Å². The first-order valence-corrected chi connectivity index (χ1v) is 10.3. The average Bonchev–Trinajstić information content (AvgIpc) is 3.48. The molecule has 2 aromatic rings.